The van der Waals surface area contributed by atoms with Gasteiger partial charge in [0.15, 0.2) is 0 Å². The van der Waals surface area contributed by atoms with Crippen molar-refractivity contribution in [3.05, 3.63) is 35.4 Å². The van der Waals surface area contributed by atoms with Crippen molar-refractivity contribution >= 4 is 0 Å². The first-order chi connectivity index (χ1) is 5.63. The summed E-state index contributed by atoms with van der Waals surface area (Å²) in [6, 6.07) is 9.43. The molecule has 0 amide bonds. The van der Waals surface area contributed by atoms with Crippen LogP contribution in [0.25, 0.3) is 0 Å². The molecule has 1 aromatic carbocycles. The Bertz CT molecular complexity index is 224. The van der Waals surface area contributed by atoms with Crippen LogP contribution in [0, 0.1) is 6.07 Å². The van der Waals surface area contributed by atoms with Crippen LogP contribution in [0.4, 0.5) is 0 Å². The summed E-state index contributed by atoms with van der Waals surface area (Å²) in [4.78, 5) is 0. The molecule has 0 bridgehead atoms. The van der Waals surface area contributed by atoms with E-state index in [0.29, 0.717) is 11.8 Å². The van der Waals surface area contributed by atoms with Gasteiger partial charge in [0.05, 0.1) is 0 Å². The third-order valence-corrected chi connectivity index (χ3v) is 2.18. The SMILES string of the molecule is CC(C)c1c[c-]ccc1C(C)C.[Rh]. The van der Waals surface area contributed by atoms with Crippen LogP contribution >= 0.6 is 0 Å². The normalized spacial score (nSPS) is 10.3. The van der Waals surface area contributed by atoms with Gasteiger partial charge in [-0.15, -0.1) is 0 Å². The Kier molecular flexibility index (Phi) is 5.48. The minimum absolute atomic E-state index is 0. The average molecular weight is 264 g/mol. The van der Waals surface area contributed by atoms with Crippen LogP contribution in [0.2, 0.25) is 0 Å². The summed E-state index contributed by atoms with van der Waals surface area (Å²) < 4.78 is 0. The molecule has 0 nitrogen and oxygen atoms in total. The first-order valence-electron chi connectivity index (χ1n) is 4.62. The molecule has 0 aromatic heterocycles. The van der Waals surface area contributed by atoms with E-state index in [1.807, 2.05) is 6.07 Å². The smallest absolute Gasteiger partial charge is 0 e. The molecule has 13 heavy (non-hydrogen) atoms. The molecule has 0 unspecified atom stereocenters. The van der Waals surface area contributed by atoms with E-state index < -0.39 is 0 Å². The van der Waals surface area contributed by atoms with E-state index in [-0.39, 0.29) is 19.5 Å². The predicted octanol–water partition coefficient (Wildman–Crippen LogP) is 3.73. The van der Waals surface area contributed by atoms with E-state index in [4.69, 9.17) is 0 Å². The molecule has 0 N–H and O–H groups in total. The first-order valence-corrected chi connectivity index (χ1v) is 4.62. The van der Waals surface area contributed by atoms with Gasteiger partial charge in [-0.25, -0.2) is 0 Å². The van der Waals surface area contributed by atoms with Crippen LogP contribution in [0.1, 0.15) is 50.7 Å². The minimum atomic E-state index is 0. The van der Waals surface area contributed by atoms with Crippen LogP contribution in [-0.2, 0) is 19.5 Å². The van der Waals surface area contributed by atoms with Crippen molar-refractivity contribution in [2.24, 2.45) is 0 Å². The zero-order valence-corrected chi connectivity index (χ0v) is 10.4. The molecule has 0 aliphatic rings. The zero-order valence-electron chi connectivity index (χ0n) is 8.72. The first kappa shape index (κ1) is 12.8. The third-order valence-electron chi connectivity index (χ3n) is 2.18. The second-order valence-corrected chi connectivity index (χ2v) is 3.86. The molecule has 75 valence electrons. The van der Waals surface area contributed by atoms with Gasteiger partial charge in [0.1, 0.15) is 0 Å². The van der Waals surface area contributed by atoms with Crippen LogP contribution in [0.15, 0.2) is 18.2 Å². The van der Waals surface area contributed by atoms with E-state index in [0.717, 1.165) is 0 Å². The monoisotopic (exact) mass is 264 g/mol. The molecular weight excluding hydrogens is 247 g/mol. The Balaban J connectivity index is 0.00000144. The largest absolute Gasteiger partial charge is 0.184 e. The average Bonchev–Trinajstić information content (AvgIpc) is 2.04. The molecular formula is C12H17Rh-. The van der Waals surface area contributed by atoms with Crippen molar-refractivity contribution in [1.29, 1.82) is 0 Å². The Morgan fingerprint density at radius 1 is 1.00 bits per heavy atom. The second-order valence-electron chi connectivity index (χ2n) is 3.86. The molecule has 1 heteroatoms. The quantitative estimate of drug-likeness (QED) is 0.564. The standard InChI is InChI=1S/C12H17.Rh/c1-9(2)11-7-5-6-8-12(11)10(3)4;/h5,7-10H,1-4H3;/q-1;. The van der Waals surface area contributed by atoms with Crippen LogP contribution in [0.3, 0.4) is 0 Å². The van der Waals surface area contributed by atoms with Gasteiger partial charge in [-0.1, -0.05) is 33.6 Å². The van der Waals surface area contributed by atoms with Crippen molar-refractivity contribution in [1.82, 2.24) is 0 Å². The summed E-state index contributed by atoms with van der Waals surface area (Å²) in [6.45, 7) is 8.94. The fourth-order valence-electron chi connectivity index (χ4n) is 1.48. The molecule has 0 spiro atoms. The zero-order chi connectivity index (χ0) is 9.14. The van der Waals surface area contributed by atoms with Gasteiger partial charge >= 0.3 is 0 Å². The van der Waals surface area contributed by atoms with Crippen molar-refractivity contribution in [3.8, 4) is 0 Å². The van der Waals surface area contributed by atoms with Gasteiger partial charge in [-0.2, -0.15) is 35.4 Å². The van der Waals surface area contributed by atoms with Crippen molar-refractivity contribution in [2.45, 2.75) is 39.5 Å². The summed E-state index contributed by atoms with van der Waals surface area (Å²) in [5.41, 5.74) is 2.90. The van der Waals surface area contributed by atoms with Gasteiger partial charge < -0.3 is 0 Å². The van der Waals surface area contributed by atoms with E-state index in [2.05, 4.69) is 45.9 Å². The van der Waals surface area contributed by atoms with Crippen molar-refractivity contribution in [3.63, 3.8) is 0 Å². The fraction of sp³-hybridized carbons (Fsp3) is 0.500. The summed E-state index contributed by atoms with van der Waals surface area (Å²) in [6.07, 6.45) is 0. The van der Waals surface area contributed by atoms with Gasteiger partial charge in [0, 0.05) is 19.5 Å². The summed E-state index contributed by atoms with van der Waals surface area (Å²) in [5, 5.41) is 0. The van der Waals surface area contributed by atoms with Crippen molar-refractivity contribution in [2.75, 3.05) is 0 Å². The van der Waals surface area contributed by atoms with Crippen molar-refractivity contribution < 1.29 is 19.5 Å². The molecule has 0 heterocycles. The van der Waals surface area contributed by atoms with E-state index >= 15 is 0 Å². The second kappa shape index (κ2) is 5.55. The van der Waals surface area contributed by atoms with E-state index in [9.17, 15) is 0 Å². The van der Waals surface area contributed by atoms with Gasteiger partial charge in [-0.3, -0.25) is 0 Å². The molecule has 1 rings (SSSR count). The molecule has 0 aliphatic carbocycles. The maximum atomic E-state index is 3.14. The molecule has 0 fully saturated rings. The Hall–Kier alpha value is -0.157. The summed E-state index contributed by atoms with van der Waals surface area (Å²) in [7, 11) is 0. The number of benzene rings is 1. The topological polar surface area (TPSA) is 0 Å². The molecule has 0 saturated heterocycles. The van der Waals surface area contributed by atoms with Gasteiger partial charge in [0.2, 0.25) is 0 Å². The third kappa shape index (κ3) is 3.23. The minimum Gasteiger partial charge on any atom is -0.184 e. The Morgan fingerprint density at radius 3 is 1.92 bits per heavy atom. The summed E-state index contributed by atoms with van der Waals surface area (Å²) >= 11 is 0. The fourth-order valence-corrected chi connectivity index (χ4v) is 1.48. The van der Waals surface area contributed by atoms with Crippen LogP contribution in [0.5, 0.6) is 0 Å². The molecule has 0 saturated carbocycles. The van der Waals surface area contributed by atoms with E-state index in [1.165, 1.54) is 11.1 Å². The maximum absolute atomic E-state index is 3.14. The van der Waals surface area contributed by atoms with Crippen LogP contribution < -0.4 is 0 Å². The Morgan fingerprint density at radius 2 is 1.54 bits per heavy atom. The summed E-state index contributed by atoms with van der Waals surface area (Å²) in [5.74, 6) is 1.23. The molecule has 1 aromatic rings. The number of hydrogen-bond donors (Lipinski definition) is 0. The number of hydrogen-bond acceptors (Lipinski definition) is 0. The van der Waals surface area contributed by atoms with Crippen LogP contribution in [-0.4, -0.2) is 0 Å². The molecule has 1 radical (unpaired) electrons. The number of rotatable bonds is 2. The molecule has 0 aliphatic heterocycles. The van der Waals surface area contributed by atoms with Gasteiger partial charge in [-0.05, 0) is 5.92 Å². The molecule has 0 atom stereocenters. The Labute approximate surface area is 94.5 Å². The van der Waals surface area contributed by atoms with E-state index in [1.54, 1.807) is 0 Å². The van der Waals surface area contributed by atoms with Gasteiger partial charge in [0.25, 0.3) is 0 Å². The predicted molar refractivity (Wildman–Crippen MR) is 53.5 cm³/mol. The maximum Gasteiger partial charge on any atom is 0 e.